The molecule has 0 aromatic heterocycles. The summed E-state index contributed by atoms with van der Waals surface area (Å²) in [5, 5.41) is 1.22. The van der Waals surface area contributed by atoms with E-state index in [4.69, 9.17) is 9.57 Å². The zero-order valence-corrected chi connectivity index (χ0v) is 28.4. The van der Waals surface area contributed by atoms with Gasteiger partial charge in [0.05, 0.1) is 14.0 Å². The van der Waals surface area contributed by atoms with Crippen LogP contribution in [0, 0.1) is 0 Å². The Labute approximate surface area is 283 Å². The van der Waals surface area contributed by atoms with Crippen LogP contribution in [0.2, 0.25) is 0 Å². The number of nitrogens with zero attached hydrogens (tertiary/aromatic N) is 3. The van der Waals surface area contributed by atoms with Crippen molar-refractivity contribution in [2.45, 2.75) is 67.2 Å². The first-order valence-electron chi connectivity index (χ1n) is 16.4. The number of hydroxylamine groups is 2. The highest BCUT2D eigenvalue weighted by Gasteiger charge is 2.35. The molecule has 0 N–H and O–H groups in total. The molecule has 2 aromatic carbocycles. The largest absolute Gasteiger partial charge is 0.793 e. The SMILES string of the molecule is C.CCN(CC)c1ccc2c(c1)P(=O)([O-])C1=CC(=[N+](CC)CC)C=CC1=C2c1ccc(OCCCCC(=O)ON2C(=O)CCC2=O)cc1. The molecule has 5 rings (SSSR count). The van der Waals surface area contributed by atoms with Gasteiger partial charge in [-0.15, -0.1) is 5.06 Å². The molecule has 2 amide bonds. The fourth-order valence-electron chi connectivity index (χ4n) is 6.19. The Morgan fingerprint density at radius 2 is 1.62 bits per heavy atom. The summed E-state index contributed by atoms with van der Waals surface area (Å²) in [7, 11) is -4.17. The maximum absolute atomic E-state index is 14.3. The van der Waals surface area contributed by atoms with Crippen LogP contribution in [-0.4, -0.2) is 65.9 Å². The predicted octanol–water partition coefficient (Wildman–Crippen LogP) is 5.35. The molecule has 1 fully saturated rings. The second-order valence-electron chi connectivity index (χ2n) is 11.5. The number of anilines is 1. The van der Waals surface area contributed by atoms with Gasteiger partial charge < -0.3 is 23.9 Å². The zero-order valence-electron chi connectivity index (χ0n) is 27.5. The van der Waals surface area contributed by atoms with Crippen molar-refractivity contribution in [3.8, 4) is 5.75 Å². The van der Waals surface area contributed by atoms with Gasteiger partial charge in [0.15, 0.2) is 0 Å². The van der Waals surface area contributed by atoms with Gasteiger partial charge in [-0.1, -0.05) is 25.6 Å². The average Bonchev–Trinajstić information content (AvgIpc) is 3.39. The van der Waals surface area contributed by atoms with E-state index in [1.54, 1.807) is 0 Å². The highest BCUT2D eigenvalue weighted by Crippen LogP contribution is 2.57. The van der Waals surface area contributed by atoms with Gasteiger partial charge in [0.2, 0.25) is 5.71 Å². The monoisotopic (exact) mass is 675 g/mol. The van der Waals surface area contributed by atoms with Crippen LogP contribution in [0.5, 0.6) is 5.75 Å². The standard InChI is InChI=1S/C36H42N3O7P.CH4/c1-5-37(6-2)26-14-18-29-31(23-26)47(43,44)32-24-27(38(7-3)8-4)15-19-30(32)36(29)25-12-16-28(17-13-25)45-22-10-9-11-35(42)46-39-33(40)20-21-34(39)41;/h12-19,23-24H,5-11,20-22H2,1-4H3;1H4. The van der Waals surface area contributed by atoms with Crippen molar-refractivity contribution in [2.75, 3.05) is 37.7 Å². The lowest BCUT2D eigenvalue weighted by Crippen LogP contribution is -2.31. The third-order valence-corrected chi connectivity index (χ3v) is 10.8. The molecule has 10 nitrogen and oxygen atoms in total. The van der Waals surface area contributed by atoms with E-state index in [9.17, 15) is 23.8 Å². The second-order valence-corrected chi connectivity index (χ2v) is 13.6. The van der Waals surface area contributed by atoms with E-state index in [2.05, 4.69) is 37.2 Å². The summed E-state index contributed by atoms with van der Waals surface area (Å²) in [6, 6.07) is 13.3. The first kappa shape index (κ1) is 36.6. The molecule has 0 radical (unpaired) electrons. The quantitative estimate of drug-likeness (QED) is 0.121. The number of rotatable bonds is 13. The van der Waals surface area contributed by atoms with Crippen LogP contribution in [0.4, 0.5) is 5.69 Å². The van der Waals surface area contributed by atoms with Gasteiger partial charge in [-0.25, -0.2) is 9.37 Å². The number of hydrogen-bond acceptors (Lipinski definition) is 8. The Balaban J connectivity index is 0.00000520. The van der Waals surface area contributed by atoms with Crippen molar-refractivity contribution in [2.24, 2.45) is 0 Å². The van der Waals surface area contributed by atoms with Gasteiger partial charge in [0.1, 0.15) is 18.8 Å². The molecule has 1 unspecified atom stereocenters. The van der Waals surface area contributed by atoms with E-state index in [0.717, 1.165) is 48.7 Å². The smallest absolute Gasteiger partial charge is 0.333 e. The maximum atomic E-state index is 14.3. The van der Waals surface area contributed by atoms with E-state index >= 15 is 0 Å². The number of ether oxygens (including phenoxy) is 1. The van der Waals surface area contributed by atoms with Crippen molar-refractivity contribution in [1.29, 1.82) is 0 Å². The molecule has 0 saturated carbocycles. The Morgan fingerprint density at radius 3 is 2.25 bits per heavy atom. The first-order chi connectivity index (χ1) is 22.6. The zero-order chi connectivity index (χ0) is 33.7. The maximum Gasteiger partial charge on any atom is 0.333 e. The summed E-state index contributed by atoms with van der Waals surface area (Å²) in [6.45, 7) is 11.7. The Kier molecular flexibility index (Phi) is 12.0. The van der Waals surface area contributed by atoms with E-state index in [-0.39, 0.29) is 26.7 Å². The minimum absolute atomic E-state index is 0. The van der Waals surface area contributed by atoms with Gasteiger partial charge in [-0.05, 0) is 93.2 Å². The van der Waals surface area contributed by atoms with Crippen LogP contribution in [-0.2, 0) is 23.8 Å². The van der Waals surface area contributed by atoms with Crippen LogP contribution in [0.15, 0.2) is 71.6 Å². The highest BCUT2D eigenvalue weighted by molar-refractivity contribution is 7.69. The minimum atomic E-state index is -4.17. The highest BCUT2D eigenvalue weighted by atomic mass is 31.2. The number of fused-ring (bicyclic) bond motifs is 2. The number of carbonyl (C=O) groups is 3. The topological polar surface area (TPSA) is 119 Å². The molecule has 48 heavy (non-hydrogen) atoms. The summed E-state index contributed by atoms with van der Waals surface area (Å²) in [5.41, 5.74) is 4.85. The van der Waals surface area contributed by atoms with E-state index in [1.165, 1.54) is 0 Å². The summed E-state index contributed by atoms with van der Waals surface area (Å²) in [4.78, 5) is 56.6. The average molecular weight is 676 g/mol. The van der Waals surface area contributed by atoms with Gasteiger partial charge in [-0.3, -0.25) is 9.59 Å². The molecule has 3 aliphatic rings. The van der Waals surface area contributed by atoms with Gasteiger partial charge >= 0.3 is 5.97 Å². The molecule has 1 atom stereocenters. The van der Waals surface area contributed by atoms with Crippen LogP contribution in [0.3, 0.4) is 0 Å². The van der Waals surface area contributed by atoms with Crippen molar-refractivity contribution in [1.82, 2.24) is 5.06 Å². The first-order valence-corrected chi connectivity index (χ1v) is 18.0. The van der Waals surface area contributed by atoms with Crippen LogP contribution in [0.1, 0.15) is 78.4 Å². The Hall–Kier alpha value is -4.27. The van der Waals surface area contributed by atoms with Crippen LogP contribution >= 0.6 is 7.37 Å². The Bertz CT molecular complexity index is 1710. The number of unbranched alkanes of at least 4 members (excludes halogenated alkanes) is 1. The number of benzene rings is 2. The molecular formula is C37H46N3O7P. The lowest BCUT2D eigenvalue weighted by atomic mass is 9.89. The molecule has 0 spiro atoms. The normalized spacial score (nSPS) is 18.2. The van der Waals surface area contributed by atoms with Crippen molar-refractivity contribution >= 4 is 47.4 Å². The minimum Gasteiger partial charge on any atom is -0.793 e. The van der Waals surface area contributed by atoms with Crippen molar-refractivity contribution in [3.05, 3.63) is 82.7 Å². The summed E-state index contributed by atoms with van der Waals surface area (Å²) in [5.74, 6) is -0.975. The third kappa shape index (κ3) is 7.40. The van der Waals surface area contributed by atoms with E-state index in [1.807, 2.05) is 60.7 Å². The lowest BCUT2D eigenvalue weighted by molar-refractivity contribution is -0.519. The fraction of sp³-hybridized carbons (Fsp3) is 0.405. The van der Waals surface area contributed by atoms with Crippen molar-refractivity contribution in [3.63, 3.8) is 0 Å². The predicted molar refractivity (Wildman–Crippen MR) is 187 cm³/mol. The molecule has 1 saturated heterocycles. The number of amides is 2. The number of imide groups is 1. The Morgan fingerprint density at radius 1 is 0.958 bits per heavy atom. The van der Waals surface area contributed by atoms with Gasteiger partial charge in [0, 0.05) is 60.8 Å². The molecule has 11 heteroatoms. The van der Waals surface area contributed by atoms with Gasteiger partial charge in [0.25, 0.3) is 11.8 Å². The van der Waals surface area contributed by atoms with Crippen molar-refractivity contribution < 1.29 is 38.0 Å². The third-order valence-electron chi connectivity index (χ3n) is 8.78. The van der Waals surface area contributed by atoms with E-state index < -0.39 is 25.2 Å². The second kappa shape index (κ2) is 15.8. The van der Waals surface area contributed by atoms with E-state index in [0.29, 0.717) is 52.0 Å². The summed E-state index contributed by atoms with van der Waals surface area (Å²) < 4.78 is 22.3. The summed E-state index contributed by atoms with van der Waals surface area (Å²) in [6.07, 6.45) is 6.96. The molecular weight excluding hydrogens is 629 g/mol. The molecule has 2 aliphatic heterocycles. The molecule has 256 valence electrons. The fourth-order valence-corrected chi connectivity index (χ4v) is 8.06. The number of carbonyl (C=O) groups excluding carboxylic acids is 3. The molecule has 1 aliphatic carbocycles. The number of hydrogen-bond donors (Lipinski definition) is 0. The molecule has 2 aromatic rings. The molecule has 2 heterocycles. The molecule has 0 bridgehead atoms. The van der Waals surface area contributed by atoms with Crippen LogP contribution in [0.25, 0.3) is 5.57 Å². The summed E-state index contributed by atoms with van der Waals surface area (Å²) >= 11 is 0. The number of allylic oxidation sites excluding steroid dienone is 5. The lowest BCUT2D eigenvalue weighted by Gasteiger charge is -2.37. The van der Waals surface area contributed by atoms with Gasteiger partial charge in [-0.2, -0.15) is 0 Å². The van der Waals surface area contributed by atoms with Crippen LogP contribution < -0.4 is 19.8 Å².